The molecule has 2 aromatic heterocycles. The van der Waals surface area contributed by atoms with Crippen molar-refractivity contribution in [1.82, 2.24) is 20.1 Å². The Hall–Kier alpha value is -3.93. The SMILES string of the molecule is CC1(NC(=O)c2cnc3c(c2)c(-c2ccc(F)cc2)nn3-c2cccc(OC(F)F)c2)CCS(=O)(=O)C1. The number of nitrogens with one attached hydrogen (secondary N) is 1. The van der Waals surface area contributed by atoms with Crippen LogP contribution in [0.4, 0.5) is 13.2 Å². The number of ether oxygens (including phenoxy) is 1. The number of hydrogen-bond acceptors (Lipinski definition) is 6. The van der Waals surface area contributed by atoms with E-state index in [0.29, 0.717) is 34.4 Å². The molecule has 0 bridgehead atoms. The molecule has 37 heavy (non-hydrogen) atoms. The second-order valence-electron chi connectivity index (χ2n) is 9.10. The third-order valence-corrected chi connectivity index (χ3v) is 8.01. The van der Waals surface area contributed by atoms with Crippen LogP contribution in [0.1, 0.15) is 23.7 Å². The van der Waals surface area contributed by atoms with Gasteiger partial charge in [-0.25, -0.2) is 22.5 Å². The maximum atomic E-state index is 13.6. The number of aromatic nitrogens is 3. The van der Waals surface area contributed by atoms with Gasteiger partial charge in [-0.1, -0.05) is 6.07 Å². The molecule has 1 unspecified atom stereocenters. The summed E-state index contributed by atoms with van der Waals surface area (Å²) >= 11 is 0. The molecule has 12 heteroatoms. The summed E-state index contributed by atoms with van der Waals surface area (Å²) in [6.45, 7) is -1.33. The third-order valence-electron chi connectivity index (χ3n) is 6.11. The molecule has 1 N–H and O–H groups in total. The van der Waals surface area contributed by atoms with Crippen molar-refractivity contribution in [3.05, 3.63) is 72.2 Å². The lowest BCUT2D eigenvalue weighted by atomic mass is 10.0. The van der Waals surface area contributed by atoms with Gasteiger partial charge in [0, 0.05) is 23.2 Å². The molecule has 1 aliphatic rings. The topological polar surface area (TPSA) is 103 Å². The average Bonchev–Trinajstić information content (AvgIpc) is 3.35. The summed E-state index contributed by atoms with van der Waals surface area (Å²) in [5, 5.41) is 7.84. The van der Waals surface area contributed by atoms with Crippen molar-refractivity contribution < 1.29 is 31.1 Å². The summed E-state index contributed by atoms with van der Waals surface area (Å²) in [7, 11) is -3.23. The van der Waals surface area contributed by atoms with E-state index in [1.54, 1.807) is 19.1 Å². The Morgan fingerprint density at radius 2 is 1.92 bits per heavy atom. The van der Waals surface area contributed by atoms with Gasteiger partial charge in [0.15, 0.2) is 15.5 Å². The Labute approximate surface area is 210 Å². The Morgan fingerprint density at radius 1 is 1.16 bits per heavy atom. The largest absolute Gasteiger partial charge is 0.435 e. The van der Waals surface area contributed by atoms with E-state index in [-0.39, 0.29) is 22.8 Å². The van der Waals surface area contributed by atoms with E-state index in [2.05, 4.69) is 20.1 Å². The minimum atomic E-state index is -3.23. The highest BCUT2D eigenvalue weighted by molar-refractivity contribution is 7.91. The van der Waals surface area contributed by atoms with Crippen molar-refractivity contribution in [2.24, 2.45) is 0 Å². The van der Waals surface area contributed by atoms with Crippen molar-refractivity contribution >= 4 is 26.8 Å². The van der Waals surface area contributed by atoms with E-state index in [9.17, 15) is 26.4 Å². The summed E-state index contributed by atoms with van der Waals surface area (Å²) < 4.78 is 68.8. The van der Waals surface area contributed by atoms with Gasteiger partial charge in [0.25, 0.3) is 5.91 Å². The Bertz CT molecular complexity index is 1610. The molecular formula is C25H21F3N4O4S. The molecule has 4 aromatic rings. The van der Waals surface area contributed by atoms with Crippen LogP contribution >= 0.6 is 0 Å². The highest BCUT2D eigenvalue weighted by atomic mass is 32.2. The predicted octanol–water partition coefficient (Wildman–Crippen LogP) is 4.14. The van der Waals surface area contributed by atoms with Crippen LogP contribution in [0.2, 0.25) is 0 Å². The minimum Gasteiger partial charge on any atom is -0.435 e. The van der Waals surface area contributed by atoms with Crippen molar-refractivity contribution in [3.63, 3.8) is 0 Å². The molecule has 3 heterocycles. The monoisotopic (exact) mass is 530 g/mol. The number of sulfone groups is 1. The fraction of sp³-hybridized carbons (Fsp3) is 0.240. The van der Waals surface area contributed by atoms with Crippen LogP contribution < -0.4 is 10.1 Å². The lowest BCUT2D eigenvalue weighted by Crippen LogP contribution is -2.46. The zero-order valence-electron chi connectivity index (χ0n) is 19.5. The number of halogens is 3. The zero-order chi connectivity index (χ0) is 26.4. The van der Waals surface area contributed by atoms with Crippen LogP contribution in [-0.4, -0.2) is 52.7 Å². The lowest BCUT2D eigenvalue weighted by molar-refractivity contribution is -0.0498. The molecule has 1 atom stereocenters. The van der Waals surface area contributed by atoms with Gasteiger partial charge >= 0.3 is 6.61 Å². The minimum absolute atomic E-state index is 0.00309. The number of rotatable bonds is 6. The molecule has 5 rings (SSSR count). The van der Waals surface area contributed by atoms with Crippen molar-refractivity contribution in [3.8, 4) is 22.7 Å². The summed E-state index contributed by atoms with van der Waals surface area (Å²) in [6.07, 6.45) is 1.63. The zero-order valence-corrected chi connectivity index (χ0v) is 20.3. The first kappa shape index (κ1) is 24.8. The maximum Gasteiger partial charge on any atom is 0.387 e. The van der Waals surface area contributed by atoms with Gasteiger partial charge in [-0.2, -0.15) is 13.9 Å². The number of carbonyl (C=O) groups excluding carboxylic acids is 1. The van der Waals surface area contributed by atoms with Crippen molar-refractivity contribution in [2.45, 2.75) is 25.5 Å². The maximum absolute atomic E-state index is 13.6. The Morgan fingerprint density at radius 3 is 2.59 bits per heavy atom. The van der Waals surface area contributed by atoms with Crippen LogP contribution in [0.3, 0.4) is 0 Å². The van der Waals surface area contributed by atoms with Crippen LogP contribution in [0.5, 0.6) is 5.75 Å². The molecular weight excluding hydrogens is 509 g/mol. The average molecular weight is 531 g/mol. The molecule has 1 amide bonds. The summed E-state index contributed by atoms with van der Waals surface area (Å²) in [4.78, 5) is 17.5. The fourth-order valence-electron chi connectivity index (χ4n) is 4.37. The smallest absolute Gasteiger partial charge is 0.387 e. The molecule has 1 saturated heterocycles. The van der Waals surface area contributed by atoms with E-state index in [1.165, 1.54) is 53.3 Å². The fourth-order valence-corrected chi connectivity index (χ4v) is 6.47. The number of fused-ring (bicyclic) bond motifs is 1. The lowest BCUT2D eigenvalue weighted by Gasteiger charge is -2.23. The van der Waals surface area contributed by atoms with Gasteiger partial charge in [-0.05, 0) is 55.8 Å². The second kappa shape index (κ2) is 9.18. The first-order valence-corrected chi connectivity index (χ1v) is 13.1. The van der Waals surface area contributed by atoms with E-state index >= 15 is 0 Å². The number of nitrogens with zero attached hydrogens (tertiary/aromatic N) is 3. The summed E-state index contributed by atoms with van der Waals surface area (Å²) in [5.74, 6) is -1.18. The number of hydrogen-bond donors (Lipinski definition) is 1. The molecule has 192 valence electrons. The molecule has 8 nitrogen and oxygen atoms in total. The van der Waals surface area contributed by atoms with Crippen LogP contribution in [0, 0.1) is 5.82 Å². The van der Waals surface area contributed by atoms with Gasteiger partial charge in [0.2, 0.25) is 0 Å². The number of amides is 1. The summed E-state index contributed by atoms with van der Waals surface area (Å²) in [6, 6.07) is 13.0. The number of carbonyl (C=O) groups is 1. The Balaban J connectivity index is 1.59. The molecule has 1 fully saturated rings. The van der Waals surface area contributed by atoms with Gasteiger partial charge in [0.1, 0.15) is 17.3 Å². The van der Waals surface area contributed by atoms with Crippen LogP contribution in [0.25, 0.3) is 28.0 Å². The number of pyridine rings is 1. The normalized spacial score (nSPS) is 18.8. The van der Waals surface area contributed by atoms with Gasteiger partial charge in [-0.15, -0.1) is 0 Å². The third kappa shape index (κ3) is 5.15. The van der Waals surface area contributed by atoms with E-state index in [0.717, 1.165) is 0 Å². The second-order valence-corrected chi connectivity index (χ2v) is 11.3. The van der Waals surface area contributed by atoms with Crippen molar-refractivity contribution in [2.75, 3.05) is 11.5 Å². The standard InChI is InChI=1S/C25H21F3N4O4S/c1-25(9-10-37(34,35)14-25)30-23(33)16-11-20-21(15-5-7-17(26)8-6-15)31-32(22(20)29-13-16)18-3-2-4-19(12-18)36-24(27)28/h2-8,11-13,24H,9-10,14H2,1H3,(H,30,33). The first-order chi connectivity index (χ1) is 17.5. The van der Waals surface area contributed by atoms with Gasteiger partial charge in [0.05, 0.1) is 28.3 Å². The number of alkyl halides is 2. The molecule has 0 saturated carbocycles. The summed E-state index contributed by atoms with van der Waals surface area (Å²) in [5.41, 5.74) is 0.894. The van der Waals surface area contributed by atoms with Crippen molar-refractivity contribution in [1.29, 1.82) is 0 Å². The van der Waals surface area contributed by atoms with Gasteiger partial charge in [-0.3, -0.25) is 4.79 Å². The molecule has 1 aliphatic heterocycles. The van der Waals surface area contributed by atoms with E-state index in [1.807, 2.05) is 0 Å². The predicted molar refractivity (Wildman–Crippen MR) is 130 cm³/mol. The number of benzene rings is 2. The van der Waals surface area contributed by atoms with E-state index < -0.39 is 33.7 Å². The quantitative estimate of drug-likeness (QED) is 0.402. The highest BCUT2D eigenvalue weighted by Gasteiger charge is 2.39. The first-order valence-electron chi connectivity index (χ1n) is 11.2. The highest BCUT2D eigenvalue weighted by Crippen LogP contribution is 2.31. The van der Waals surface area contributed by atoms with Gasteiger partial charge < -0.3 is 10.1 Å². The van der Waals surface area contributed by atoms with Crippen LogP contribution in [0.15, 0.2) is 60.8 Å². The van der Waals surface area contributed by atoms with Crippen LogP contribution in [-0.2, 0) is 9.84 Å². The Kier molecular flexibility index (Phi) is 6.14. The van der Waals surface area contributed by atoms with E-state index in [4.69, 9.17) is 0 Å². The molecule has 0 aliphatic carbocycles. The molecule has 0 radical (unpaired) electrons. The molecule has 0 spiro atoms. The molecule has 2 aromatic carbocycles.